The summed E-state index contributed by atoms with van der Waals surface area (Å²) >= 11 is 4.65. The molecule has 0 saturated carbocycles. The summed E-state index contributed by atoms with van der Waals surface area (Å²) in [5.74, 6) is 0. The summed E-state index contributed by atoms with van der Waals surface area (Å²) in [4.78, 5) is 4.25. The summed E-state index contributed by atoms with van der Waals surface area (Å²) in [6.07, 6.45) is 0.163. The highest BCUT2D eigenvalue weighted by Crippen LogP contribution is 2.28. The number of hydrogen-bond donors (Lipinski definition) is 0. The molecule has 2 rings (SSSR count). The zero-order valence-corrected chi connectivity index (χ0v) is 15.1. The molecule has 0 bridgehead atoms. The number of nitrogens with zero attached hydrogens (tertiary/aromatic N) is 3. The predicted molar refractivity (Wildman–Crippen MR) is 89.9 cm³/mol. The molecule has 1 heterocycles. The van der Waals surface area contributed by atoms with Gasteiger partial charge >= 0.3 is 0 Å². The molecule has 0 saturated heterocycles. The van der Waals surface area contributed by atoms with Crippen molar-refractivity contribution in [2.45, 2.75) is 18.4 Å². The Morgan fingerprint density at radius 2 is 2.05 bits per heavy atom. The second-order valence-corrected chi connectivity index (χ2v) is 8.06. The van der Waals surface area contributed by atoms with Gasteiger partial charge in [-0.05, 0) is 12.1 Å². The first-order valence-electron chi connectivity index (χ1n) is 6.57. The van der Waals surface area contributed by atoms with E-state index in [0.29, 0.717) is 11.6 Å². The first-order chi connectivity index (χ1) is 10.5. The molecule has 0 aliphatic rings. The van der Waals surface area contributed by atoms with E-state index in [0.717, 1.165) is 10.0 Å². The molecule has 0 atom stereocenters. The largest absolute Gasteiger partial charge is 0.261 e. The van der Waals surface area contributed by atoms with Gasteiger partial charge in [-0.25, -0.2) is 13.4 Å². The zero-order valence-electron chi connectivity index (χ0n) is 11.9. The number of sulfonamides is 1. The van der Waals surface area contributed by atoms with Crippen molar-refractivity contribution >= 4 is 37.3 Å². The highest BCUT2D eigenvalue weighted by molar-refractivity contribution is 9.10. The van der Waals surface area contributed by atoms with Crippen LogP contribution in [0.3, 0.4) is 0 Å². The van der Waals surface area contributed by atoms with Gasteiger partial charge in [-0.3, -0.25) is 0 Å². The molecular formula is C14H14BrN3O2S2. The van der Waals surface area contributed by atoms with Crippen LogP contribution in [0, 0.1) is 11.3 Å². The van der Waals surface area contributed by atoms with Gasteiger partial charge in [-0.2, -0.15) is 9.57 Å². The fourth-order valence-corrected chi connectivity index (χ4v) is 4.64. The molecule has 1 aromatic carbocycles. The minimum atomic E-state index is -3.65. The molecule has 2 aromatic rings. The van der Waals surface area contributed by atoms with Crippen LogP contribution in [-0.4, -0.2) is 30.8 Å². The standard InChI is InChI=1S/C14H14BrN3O2S2/c1-2-18(9-3-8-16)22(19,20)13-10-21-14(17-13)11-4-6-12(15)7-5-11/h4-7,10H,2-3,9H2,1H3. The molecule has 8 heteroatoms. The lowest BCUT2D eigenvalue weighted by molar-refractivity contribution is 0.433. The SMILES string of the molecule is CCN(CCC#N)S(=O)(=O)c1csc(-c2ccc(Br)cc2)n1. The molecular weight excluding hydrogens is 386 g/mol. The van der Waals surface area contributed by atoms with E-state index < -0.39 is 10.0 Å². The lowest BCUT2D eigenvalue weighted by Gasteiger charge is -2.17. The van der Waals surface area contributed by atoms with E-state index >= 15 is 0 Å². The van der Waals surface area contributed by atoms with Crippen LogP contribution in [0.15, 0.2) is 39.1 Å². The molecule has 0 aliphatic carbocycles. The molecule has 5 nitrogen and oxygen atoms in total. The third-order valence-electron chi connectivity index (χ3n) is 3.00. The van der Waals surface area contributed by atoms with Crippen molar-refractivity contribution in [2.24, 2.45) is 0 Å². The van der Waals surface area contributed by atoms with E-state index in [4.69, 9.17) is 5.26 Å². The maximum absolute atomic E-state index is 12.5. The number of aromatic nitrogens is 1. The van der Waals surface area contributed by atoms with Gasteiger partial charge < -0.3 is 0 Å². The Balaban J connectivity index is 2.30. The third kappa shape index (κ3) is 3.73. The van der Waals surface area contributed by atoms with E-state index in [2.05, 4.69) is 20.9 Å². The van der Waals surface area contributed by atoms with Crippen molar-refractivity contribution < 1.29 is 8.42 Å². The summed E-state index contributed by atoms with van der Waals surface area (Å²) in [5.41, 5.74) is 0.870. The fraction of sp³-hybridized carbons (Fsp3) is 0.286. The number of hydrogen-bond acceptors (Lipinski definition) is 5. The molecule has 22 heavy (non-hydrogen) atoms. The van der Waals surface area contributed by atoms with Gasteiger partial charge in [0.05, 0.1) is 6.07 Å². The predicted octanol–water partition coefficient (Wildman–Crippen LogP) is 3.50. The monoisotopic (exact) mass is 399 g/mol. The minimum absolute atomic E-state index is 0.0372. The Labute approximate surface area is 142 Å². The van der Waals surface area contributed by atoms with Crippen LogP contribution in [0.2, 0.25) is 0 Å². The van der Waals surface area contributed by atoms with E-state index in [1.54, 1.807) is 12.3 Å². The molecule has 0 amide bonds. The second-order valence-electron chi connectivity index (χ2n) is 4.40. The van der Waals surface area contributed by atoms with Gasteiger partial charge in [-0.15, -0.1) is 11.3 Å². The van der Waals surface area contributed by atoms with Crippen molar-refractivity contribution in [1.82, 2.24) is 9.29 Å². The van der Waals surface area contributed by atoms with Crippen LogP contribution in [0.1, 0.15) is 13.3 Å². The summed E-state index contributed by atoms with van der Waals surface area (Å²) in [6, 6.07) is 9.50. The van der Waals surface area contributed by atoms with Crippen molar-refractivity contribution in [3.8, 4) is 16.6 Å². The molecule has 0 spiro atoms. The summed E-state index contributed by atoms with van der Waals surface area (Å²) in [5, 5.41) is 10.9. The highest BCUT2D eigenvalue weighted by Gasteiger charge is 2.25. The van der Waals surface area contributed by atoms with Crippen LogP contribution in [0.5, 0.6) is 0 Å². The topological polar surface area (TPSA) is 74.1 Å². The van der Waals surface area contributed by atoms with Crippen molar-refractivity contribution in [1.29, 1.82) is 5.26 Å². The summed E-state index contributed by atoms with van der Waals surface area (Å²) in [7, 11) is -3.65. The van der Waals surface area contributed by atoms with Crippen LogP contribution in [0.25, 0.3) is 10.6 Å². The van der Waals surface area contributed by atoms with E-state index in [-0.39, 0.29) is 18.0 Å². The Kier molecular flexibility index (Phi) is 5.69. The third-order valence-corrected chi connectivity index (χ3v) is 6.43. The van der Waals surface area contributed by atoms with E-state index in [1.165, 1.54) is 15.6 Å². The lowest BCUT2D eigenvalue weighted by atomic mass is 10.2. The molecule has 0 N–H and O–H groups in total. The molecule has 1 aromatic heterocycles. The van der Waals surface area contributed by atoms with Crippen molar-refractivity contribution in [3.05, 3.63) is 34.1 Å². The van der Waals surface area contributed by atoms with Crippen LogP contribution in [0.4, 0.5) is 0 Å². The smallest absolute Gasteiger partial charge is 0.223 e. The quantitative estimate of drug-likeness (QED) is 0.744. The second kappa shape index (κ2) is 7.33. The van der Waals surface area contributed by atoms with Gasteiger partial charge in [0, 0.05) is 34.9 Å². The van der Waals surface area contributed by atoms with Gasteiger partial charge in [-0.1, -0.05) is 35.0 Å². The average Bonchev–Trinajstić information content (AvgIpc) is 2.99. The molecule has 0 fully saturated rings. The number of benzene rings is 1. The first-order valence-corrected chi connectivity index (χ1v) is 9.69. The normalized spacial score (nSPS) is 11.5. The number of thiazole rings is 1. The van der Waals surface area contributed by atoms with Crippen molar-refractivity contribution in [2.75, 3.05) is 13.1 Å². The zero-order chi connectivity index (χ0) is 16.2. The van der Waals surface area contributed by atoms with Crippen LogP contribution >= 0.6 is 27.3 Å². The Morgan fingerprint density at radius 3 is 2.64 bits per heavy atom. The number of halogens is 1. The molecule has 0 aliphatic heterocycles. The summed E-state index contributed by atoms with van der Waals surface area (Å²) in [6.45, 7) is 2.24. The minimum Gasteiger partial charge on any atom is -0.223 e. The molecule has 0 unspecified atom stereocenters. The maximum atomic E-state index is 12.5. The Bertz CT molecular complexity index is 779. The van der Waals surface area contributed by atoms with E-state index in [1.807, 2.05) is 30.3 Å². The number of nitriles is 1. The molecule has 0 radical (unpaired) electrons. The van der Waals surface area contributed by atoms with Gasteiger partial charge in [0.15, 0.2) is 5.03 Å². The number of rotatable bonds is 6. The fourth-order valence-electron chi connectivity index (χ4n) is 1.86. The first kappa shape index (κ1) is 17.1. The van der Waals surface area contributed by atoms with Gasteiger partial charge in [0.1, 0.15) is 5.01 Å². The van der Waals surface area contributed by atoms with Crippen LogP contribution in [-0.2, 0) is 10.0 Å². The Hall–Kier alpha value is -1.27. The van der Waals surface area contributed by atoms with Gasteiger partial charge in [0.25, 0.3) is 10.0 Å². The molecule has 116 valence electrons. The summed E-state index contributed by atoms with van der Waals surface area (Å²) < 4.78 is 27.3. The average molecular weight is 400 g/mol. The maximum Gasteiger partial charge on any atom is 0.261 e. The van der Waals surface area contributed by atoms with Gasteiger partial charge in [0.2, 0.25) is 0 Å². The van der Waals surface area contributed by atoms with Crippen LogP contribution < -0.4 is 0 Å². The Morgan fingerprint density at radius 1 is 1.36 bits per heavy atom. The lowest BCUT2D eigenvalue weighted by Crippen LogP contribution is -2.31. The van der Waals surface area contributed by atoms with Crippen molar-refractivity contribution in [3.63, 3.8) is 0 Å². The van der Waals surface area contributed by atoms with E-state index in [9.17, 15) is 8.42 Å². The highest BCUT2D eigenvalue weighted by atomic mass is 79.9.